The number of hydrogen-bond donors (Lipinski definition) is 3. The molecule has 0 radical (unpaired) electrons. The van der Waals surface area contributed by atoms with Gasteiger partial charge in [-0.05, 0) is 42.3 Å². The van der Waals surface area contributed by atoms with E-state index in [1.807, 2.05) is 0 Å². The summed E-state index contributed by atoms with van der Waals surface area (Å²) >= 11 is 0. The van der Waals surface area contributed by atoms with Crippen LogP contribution in [0.15, 0.2) is 54.7 Å². The van der Waals surface area contributed by atoms with Gasteiger partial charge in [0.05, 0.1) is 19.3 Å². The lowest BCUT2D eigenvalue weighted by atomic mass is 9.93. The van der Waals surface area contributed by atoms with Crippen LogP contribution in [0.3, 0.4) is 0 Å². The number of methoxy groups -OCH3 is 1. The molecule has 3 aromatic carbocycles. The van der Waals surface area contributed by atoms with Crippen LogP contribution in [-0.4, -0.2) is 36.2 Å². The van der Waals surface area contributed by atoms with Crippen molar-refractivity contribution in [3.8, 4) is 11.5 Å². The molecule has 1 aromatic heterocycles. The van der Waals surface area contributed by atoms with Crippen LogP contribution in [0.1, 0.15) is 33.1 Å². The van der Waals surface area contributed by atoms with Gasteiger partial charge in [-0.25, -0.2) is 8.78 Å². The third-order valence-corrected chi connectivity index (χ3v) is 5.93. The molecule has 0 saturated carbocycles. The second kappa shape index (κ2) is 10.7. The van der Waals surface area contributed by atoms with Gasteiger partial charge in [0, 0.05) is 46.5 Å². The summed E-state index contributed by atoms with van der Waals surface area (Å²) < 4.78 is 78.9. The minimum Gasteiger partial charge on any atom is -0.497 e. The van der Waals surface area contributed by atoms with Crippen molar-refractivity contribution < 1.29 is 41.3 Å². The number of ether oxygens (including phenoxy) is 2. The average molecular weight is 534 g/mol. The maximum absolute atomic E-state index is 14.1. The van der Waals surface area contributed by atoms with Crippen molar-refractivity contribution >= 4 is 22.4 Å². The van der Waals surface area contributed by atoms with Crippen LogP contribution in [0.5, 0.6) is 11.5 Å². The average Bonchev–Trinajstić information content (AvgIpc) is 3.27. The molecule has 4 aromatic rings. The number of carbonyl (C=O) groups excluding carboxylic acids is 1. The van der Waals surface area contributed by atoms with E-state index in [1.54, 1.807) is 25.1 Å². The largest absolute Gasteiger partial charge is 0.497 e. The Bertz CT molecular complexity index is 1480. The molecule has 0 saturated heterocycles. The Morgan fingerprint density at radius 3 is 2.47 bits per heavy atom. The summed E-state index contributed by atoms with van der Waals surface area (Å²) in [5.41, 5.74) is -0.483. The first kappa shape index (κ1) is 26.9. The quantitative estimate of drug-likeness (QED) is 0.176. The van der Waals surface area contributed by atoms with Crippen LogP contribution in [0.25, 0.3) is 10.9 Å². The topological polar surface area (TPSA) is 83.6 Å². The molecule has 3 N–H and O–H groups in total. The van der Waals surface area contributed by atoms with Crippen molar-refractivity contribution in [2.75, 3.05) is 25.6 Å². The van der Waals surface area contributed by atoms with Gasteiger partial charge in [-0.3, -0.25) is 4.79 Å². The number of halogens is 5. The molecule has 0 spiro atoms. The molecule has 1 heterocycles. The van der Waals surface area contributed by atoms with E-state index in [-0.39, 0.29) is 29.7 Å². The summed E-state index contributed by atoms with van der Waals surface area (Å²) in [5.74, 6) is -1.97. The Balaban J connectivity index is 1.83. The van der Waals surface area contributed by atoms with Crippen LogP contribution in [-0.2, 0) is 6.18 Å². The molecule has 6 nitrogen and oxygen atoms in total. The number of ketones is 1. The summed E-state index contributed by atoms with van der Waals surface area (Å²) in [4.78, 5) is 16.5. The minimum atomic E-state index is -4.97. The molecule has 0 bridgehead atoms. The molecular weight excluding hydrogens is 511 g/mol. The number of rotatable bonds is 9. The highest BCUT2D eigenvalue weighted by Gasteiger charge is 2.35. The molecule has 11 heteroatoms. The number of Topliss-reactive ketones (excluding diaryl/α,β-unsaturated/α-hetero) is 1. The number of fused-ring (bicyclic) bond motifs is 1. The number of nitrogens with one attached hydrogen (secondary N) is 2. The second-order valence-electron chi connectivity index (χ2n) is 8.49. The van der Waals surface area contributed by atoms with Crippen molar-refractivity contribution in [3.05, 3.63) is 88.6 Å². The fraction of sp³-hybridized carbons (Fsp3) is 0.222. The normalized spacial score (nSPS) is 12.4. The number of aliphatic hydroxyl groups is 1. The zero-order valence-electron chi connectivity index (χ0n) is 20.2. The maximum Gasteiger partial charge on any atom is 0.419 e. The predicted molar refractivity (Wildman–Crippen MR) is 131 cm³/mol. The van der Waals surface area contributed by atoms with Gasteiger partial charge in [0.1, 0.15) is 35.8 Å². The van der Waals surface area contributed by atoms with E-state index in [0.717, 1.165) is 6.07 Å². The molecule has 0 aliphatic rings. The number of carbonyl (C=O) groups is 1. The van der Waals surface area contributed by atoms with E-state index in [4.69, 9.17) is 14.6 Å². The first-order valence-electron chi connectivity index (χ1n) is 11.4. The highest BCUT2D eigenvalue weighted by Crippen LogP contribution is 2.37. The fourth-order valence-corrected chi connectivity index (χ4v) is 4.15. The third-order valence-electron chi connectivity index (χ3n) is 5.93. The Hall–Kier alpha value is -4.12. The van der Waals surface area contributed by atoms with Crippen molar-refractivity contribution in [1.29, 1.82) is 0 Å². The van der Waals surface area contributed by atoms with Crippen molar-refractivity contribution in [3.63, 3.8) is 0 Å². The van der Waals surface area contributed by atoms with Gasteiger partial charge in [-0.2, -0.15) is 13.2 Å². The lowest BCUT2D eigenvalue weighted by molar-refractivity contribution is -0.139. The van der Waals surface area contributed by atoms with Gasteiger partial charge < -0.3 is 24.9 Å². The number of alkyl halides is 3. The lowest BCUT2D eigenvalue weighted by Gasteiger charge is -2.22. The number of anilines is 1. The van der Waals surface area contributed by atoms with E-state index in [9.17, 15) is 26.7 Å². The van der Waals surface area contributed by atoms with Crippen molar-refractivity contribution in [1.82, 2.24) is 4.98 Å². The van der Waals surface area contributed by atoms with Crippen molar-refractivity contribution in [2.24, 2.45) is 0 Å². The van der Waals surface area contributed by atoms with Gasteiger partial charge in [0.15, 0.2) is 5.78 Å². The number of aryl methyl sites for hydroxylation is 1. The molecule has 200 valence electrons. The van der Waals surface area contributed by atoms with Gasteiger partial charge >= 0.3 is 6.18 Å². The lowest BCUT2D eigenvalue weighted by Crippen LogP contribution is -2.22. The summed E-state index contributed by atoms with van der Waals surface area (Å²) in [7, 11) is 1.42. The molecule has 0 aliphatic carbocycles. The maximum atomic E-state index is 14.1. The van der Waals surface area contributed by atoms with Gasteiger partial charge in [0.2, 0.25) is 0 Å². The first-order valence-corrected chi connectivity index (χ1v) is 11.4. The zero-order valence-corrected chi connectivity index (χ0v) is 20.2. The highest BCUT2D eigenvalue weighted by molar-refractivity contribution is 6.11. The first-order chi connectivity index (χ1) is 18.0. The monoisotopic (exact) mass is 534 g/mol. The molecule has 4 rings (SSSR count). The van der Waals surface area contributed by atoms with E-state index in [0.29, 0.717) is 40.4 Å². The van der Waals surface area contributed by atoms with E-state index in [2.05, 4.69) is 10.3 Å². The summed E-state index contributed by atoms with van der Waals surface area (Å²) in [5, 5.41) is 12.0. The highest BCUT2D eigenvalue weighted by atomic mass is 19.4. The standard InChI is InChI=1S/C27H23F5N2O4/c1-14-7-15(28)3-4-19(14)25(34-16-8-17(37-2)10-18(9-16)38-6-5-35)26(36)21-13-33-24-12-23(29)22(11-20(21)24)27(30,31)32/h3-4,7-13,25,33-35H,5-6H2,1-2H3. The molecule has 1 atom stereocenters. The Kier molecular flexibility index (Phi) is 7.58. The smallest absolute Gasteiger partial charge is 0.419 e. The number of hydrogen-bond acceptors (Lipinski definition) is 5. The molecule has 0 amide bonds. The summed E-state index contributed by atoms with van der Waals surface area (Å²) in [6, 6.07) is 8.56. The van der Waals surface area contributed by atoms with Crippen LogP contribution in [0, 0.1) is 18.6 Å². The fourth-order valence-electron chi connectivity index (χ4n) is 4.15. The summed E-state index contributed by atoms with van der Waals surface area (Å²) in [6.07, 6.45) is -3.76. The van der Waals surface area contributed by atoms with E-state index >= 15 is 0 Å². The van der Waals surface area contributed by atoms with E-state index < -0.39 is 35.2 Å². The van der Waals surface area contributed by atoms with Gasteiger partial charge in [0.25, 0.3) is 0 Å². The second-order valence-corrected chi connectivity index (χ2v) is 8.49. The third kappa shape index (κ3) is 5.57. The van der Waals surface area contributed by atoms with Crippen LogP contribution in [0.2, 0.25) is 0 Å². The Morgan fingerprint density at radius 1 is 1.08 bits per heavy atom. The molecular formula is C27H23F5N2O4. The number of benzene rings is 3. The molecule has 0 aliphatic heterocycles. The number of aromatic amines is 1. The number of aromatic nitrogens is 1. The van der Waals surface area contributed by atoms with Crippen LogP contribution >= 0.6 is 0 Å². The summed E-state index contributed by atoms with van der Waals surface area (Å²) in [6.45, 7) is 1.35. The Labute approximate surface area is 214 Å². The number of aliphatic hydroxyl groups excluding tert-OH is 1. The van der Waals surface area contributed by atoms with E-state index in [1.165, 1.54) is 25.4 Å². The van der Waals surface area contributed by atoms with Gasteiger partial charge in [-0.15, -0.1) is 0 Å². The number of H-pyrrole nitrogens is 1. The SMILES string of the molecule is COc1cc(NC(C(=O)c2c[nH]c3cc(F)c(C(F)(F)F)cc23)c2ccc(F)cc2C)cc(OCCO)c1. The predicted octanol–water partition coefficient (Wildman–Crippen LogP) is 6.19. The molecule has 0 fully saturated rings. The van der Waals surface area contributed by atoms with Crippen LogP contribution in [0.4, 0.5) is 27.6 Å². The minimum absolute atomic E-state index is 0.000521. The molecule has 1 unspecified atom stereocenters. The molecule has 38 heavy (non-hydrogen) atoms. The van der Waals surface area contributed by atoms with Gasteiger partial charge in [-0.1, -0.05) is 6.07 Å². The van der Waals surface area contributed by atoms with Crippen molar-refractivity contribution in [2.45, 2.75) is 19.1 Å². The zero-order chi connectivity index (χ0) is 27.6. The Morgan fingerprint density at radius 2 is 1.82 bits per heavy atom. The van der Waals surface area contributed by atoms with Crippen LogP contribution < -0.4 is 14.8 Å².